The summed E-state index contributed by atoms with van der Waals surface area (Å²) in [5, 5.41) is 15.5. The van der Waals surface area contributed by atoms with Crippen LogP contribution in [0.5, 0.6) is 0 Å². The second-order valence-electron chi connectivity index (χ2n) is 4.07. The van der Waals surface area contributed by atoms with Crippen LogP contribution in [0.2, 0.25) is 5.02 Å². The number of para-hydroxylation sites is 1. The van der Waals surface area contributed by atoms with Crippen molar-refractivity contribution in [1.82, 2.24) is 9.78 Å². The highest BCUT2D eigenvalue weighted by molar-refractivity contribution is 6.33. The van der Waals surface area contributed by atoms with Gasteiger partial charge in [0, 0.05) is 5.69 Å². The van der Waals surface area contributed by atoms with Crippen molar-refractivity contribution in [3.05, 3.63) is 50.3 Å². The molecule has 0 radical (unpaired) electrons. The van der Waals surface area contributed by atoms with Crippen molar-refractivity contribution in [1.29, 1.82) is 0 Å². The first-order valence-corrected chi connectivity index (χ1v) is 5.77. The van der Waals surface area contributed by atoms with E-state index in [1.165, 1.54) is 6.07 Å². The van der Waals surface area contributed by atoms with Gasteiger partial charge in [-0.2, -0.15) is 5.10 Å². The Morgan fingerprint density at radius 1 is 1.33 bits per heavy atom. The van der Waals surface area contributed by atoms with Crippen LogP contribution in [0.3, 0.4) is 0 Å². The molecule has 0 bridgehead atoms. The lowest BCUT2D eigenvalue weighted by molar-refractivity contribution is -0.384. The van der Waals surface area contributed by atoms with Crippen LogP contribution in [-0.2, 0) is 0 Å². The van der Waals surface area contributed by atoms with Gasteiger partial charge in [-0.1, -0.05) is 17.7 Å². The summed E-state index contributed by atoms with van der Waals surface area (Å²) in [5.74, 6) is 0. The molecule has 0 atom stereocenters. The maximum Gasteiger partial charge on any atom is 0.313 e. The molecule has 2 aromatic rings. The van der Waals surface area contributed by atoms with Crippen molar-refractivity contribution < 1.29 is 4.92 Å². The lowest BCUT2D eigenvalue weighted by atomic mass is 10.2. The third-order valence-corrected chi connectivity index (χ3v) is 3.33. The van der Waals surface area contributed by atoms with Gasteiger partial charge in [-0.25, -0.2) is 4.68 Å². The van der Waals surface area contributed by atoms with Crippen LogP contribution in [0.15, 0.2) is 18.2 Å². The van der Waals surface area contributed by atoms with Gasteiger partial charge in [0.25, 0.3) is 0 Å². The van der Waals surface area contributed by atoms with E-state index in [4.69, 9.17) is 11.6 Å². The first-order valence-electron chi connectivity index (χ1n) is 5.39. The van der Waals surface area contributed by atoms with E-state index in [-0.39, 0.29) is 10.7 Å². The molecule has 0 saturated heterocycles. The maximum atomic E-state index is 11.1. The molecule has 0 aliphatic rings. The number of aromatic nitrogens is 2. The van der Waals surface area contributed by atoms with Crippen LogP contribution in [0.25, 0.3) is 5.69 Å². The summed E-state index contributed by atoms with van der Waals surface area (Å²) in [6.07, 6.45) is 0. The van der Waals surface area contributed by atoms with Crippen molar-refractivity contribution in [2.24, 2.45) is 0 Å². The molecule has 94 valence electrons. The Hall–Kier alpha value is -1.88. The number of halogens is 1. The van der Waals surface area contributed by atoms with E-state index < -0.39 is 4.92 Å². The predicted molar refractivity (Wildman–Crippen MR) is 69.4 cm³/mol. The Morgan fingerprint density at radius 3 is 2.50 bits per heavy atom. The van der Waals surface area contributed by atoms with E-state index >= 15 is 0 Å². The molecule has 2 rings (SSSR count). The highest BCUT2D eigenvalue weighted by Gasteiger charge is 2.22. The Labute approximate surface area is 109 Å². The number of hydrogen-bond acceptors (Lipinski definition) is 3. The van der Waals surface area contributed by atoms with Gasteiger partial charge < -0.3 is 0 Å². The van der Waals surface area contributed by atoms with Crippen molar-refractivity contribution in [2.75, 3.05) is 0 Å². The molecule has 1 heterocycles. The summed E-state index contributed by atoms with van der Waals surface area (Å²) in [6.45, 7) is 5.68. The quantitative estimate of drug-likeness (QED) is 0.618. The molecular weight excluding hydrogens is 254 g/mol. The zero-order valence-corrected chi connectivity index (χ0v) is 11.0. The van der Waals surface area contributed by atoms with Crippen LogP contribution < -0.4 is 0 Å². The Balaban J connectivity index is 2.75. The van der Waals surface area contributed by atoms with Gasteiger partial charge >= 0.3 is 5.69 Å². The van der Waals surface area contributed by atoms with Crippen LogP contribution in [0.4, 0.5) is 5.69 Å². The largest absolute Gasteiger partial charge is 0.313 e. The average molecular weight is 266 g/mol. The number of nitro groups is 1. The number of rotatable bonds is 2. The number of hydrogen-bond donors (Lipinski definition) is 0. The minimum atomic E-state index is -0.483. The predicted octanol–water partition coefficient (Wildman–Crippen LogP) is 3.36. The summed E-state index contributed by atoms with van der Waals surface area (Å²) in [6, 6.07) is 4.82. The summed E-state index contributed by atoms with van der Waals surface area (Å²) in [7, 11) is 0. The maximum absolute atomic E-state index is 11.1. The molecule has 0 aliphatic carbocycles. The normalized spacial score (nSPS) is 10.7. The topological polar surface area (TPSA) is 61.0 Å². The van der Waals surface area contributed by atoms with Gasteiger partial charge in [-0.3, -0.25) is 10.1 Å². The van der Waals surface area contributed by atoms with Gasteiger partial charge in [0.2, 0.25) is 0 Å². The van der Waals surface area contributed by atoms with Gasteiger partial charge in [-0.05, 0) is 38.5 Å². The standard InChI is InChI=1S/C12H12ClN3O2/c1-7-8(2)14-15(9(7)3)11-6-4-5-10(13)12(11)16(17)18/h4-6H,1-3H3. The molecule has 0 amide bonds. The third kappa shape index (κ3) is 1.86. The van der Waals surface area contributed by atoms with E-state index in [1.54, 1.807) is 16.8 Å². The van der Waals surface area contributed by atoms with Gasteiger partial charge in [-0.15, -0.1) is 0 Å². The van der Waals surface area contributed by atoms with Crippen LogP contribution in [0, 0.1) is 30.9 Å². The molecule has 0 unspecified atom stereocenters. The number of aryl methyl sites for hydroxylation is 1. The van der Waals surface area contributed by atoms with Gasteiger partial charge in [0.15, 0.2) is 0 Å². The van der Waals surface area contributed by atoms with Gasteiger partial charge in [0.05, 0.1) is 10.6 Å². The fraction of sp³-hybridized carbons (Fsp3) is 0.250. The molecule has 0 fully saturated rings. The third-order valence-electron chi connectivity index (χ3n) is 3.03. The van der Waals surface area contributed by atoms with Crippen molar-refractivity contribution >= 4 is 17.3 Å². The van der Waals surface area contributed by atoms with E-state index in [1.807, 2.05) is 20.8 Å². The molecule has 6 heteroatoms. The molecule has 0 saturated carbocycles. The Morgan fingerprint density at radius 2 is 2.00 bits per heavy atom. The van der Waals surface area contributed by atoms with Gasteiger partial charge in [0.1, 0.15) is 10.7 Å². The van der Waals surface area contributed by atoms with E-state index in [9.17, 15) is 10.1 Å². The lowest BCUT2D eigenvalue weighted by Gasteiger charge is -2.06. The van der Waals surface area contributed by atoms with E-state index in [0.717, 1.165) is 17.0 Å². The van der Waals surface area contributed by atoms with Crippen molar-refractivity contribution in [3.63, 3.8) is 0 Å². The minimum Gasteiger partial charge on any atom is -0.258 e. The first-order chi connectivity index (χ1) is 8.43. The molecule has 0 aliphatic heterocycles. The fourth-order valence-corrected chi connectivity index (χ4v) is 2.05. The molecule has 5 nitrogen and oxygen atoms in total. The number of benzene rings is 1. The summed E-state index contributed by atoms with van der Waals surface area (Å²) in [5.41, 5.74) is 3.01. The molecule has 18 heavy (non-hydrogen) atoms. The highest BCUT2D eigenvalue weighted by atomic mass is 35.5. The highest BCUT2D eigenvalue weighted by Crippen LogP contribution is 2.32. The fourth-order valence-electron chi connectivity index (χ4n) is 1.81. The number of nitro benzene ring substituents is 1. The van der Waals surface area contributed by atoms with Crippen LogP contribution in [0.1, 0.15) is 17.0 Å². The zero-order chi connectivity index (χ0) is 13.4. The Kier molecular flexibility index (Phi) is 3.09. The summed E-state index contributed by atoms with van der Waals surface area (Å²) < 4.78 is 1.56. The zero-order valence-electron chi connectivity index (χ0n) is 10.3. The van der Waals surface area contributed by atoms with E-state index in [2.05, 4.69) is 5.10 Å². The molecule has 0 spiro atoms. The summed E-state index contributed by atoms with van der Waals surface area (Å²) in [4.78, 5) is 10.6. The molecule has 1 aromatic heterocycles. The van der Waals surface area contributed by atoms with Crippen molar-refractivity contribution in [2.45, 2.75) is 20.8 Å². The Bertz CT molecular complexity index is 634. The second-order valence-corrected chi connectivity index (χ2v) is 4.48. The van der Waals surface area contributed by atoms with Crippen LogP contribution >= 0.6 is 11.6 Å². The SMILES string of the molecule is Cc1nn(-c2cccc(Cl)c2[N+](=O)[O-])c(C)c1C. The number of nitrogens with zero attached hydrogens (tertiary/aromatic N) is 3. The average Bonchev–Trinajstić information content (AvgIpc) is 2.56. The second kappa shape index (κ2) is 4.42. The molecule has 1 aromatic carbocycles. The van der Waals surface area contributed by atoms with Crippen LogP contribution in [-0.4, -0.2) is 14.7 Å². The van der Waals surface area contributed by atoms with E-state index in [0.29, 0.717) is 5.69 Å². The lowest BCUT2D eigenvalue weighted by Crippen LogP contribution is -2.04. The molecule has 0 N–H and O–H groups in total. The van der Waals surface area contributed by atoms with Crippen molar-refractivity contribution in [3.8, 4) is 5.69 Å². The summed E-state index contributed by atoms with van der Waals surface area (Å²) >= 11 is 5.89. The monoisotopic (exact) mass is 265 g/mol. The first kappa shape index (κ1) is 12.6. The minimum absolute atomic E-state index is 0.114. The molecular formula is C12H12ClN3O2. The smallest absolute Gasteiger partial charge is 0.258 e.